The van der Waals surface area contributed by atoms with Crippen LogP contribution in [-0.2, 0) is 4.79 Å². The molecule has 1 aromatic heterocycles. The molecule has 7 heteroatoms. The van der Waals surface area contributed by atoms with Gasteiger partial charge in [-0.05, 0) is 43.2 Å². The molecule has 1 aliphatic rings. The summed E-state index contributed by atoms with van der Waals surface area (Å²) in [6, 6.07) is 7.35. The molecule has 1 aliphatic heterocycles. The second-order valence-electron chi connectivity index (χ2n) is 6.28. The fourth-order valence-corrected chi connectivity index (χ4v) is 3.18. The molecule has 6 nitrogen and oxygen atoms in total. The molecule has 0 N–H and O–H groups in total. The zero-order chi connectivity index (χ0) is 18.4. The fraction of sp³-hybridized carbons (Fsp3) is 0.421. The smallest absolute Gasteiger partial charge is 0.225 e. The number of amides is 1. The van der Waals surface area contributed by atoms with Crippen molar-refractivity contribution in [3.05, 3.63) is 47.2 Å². The highest BCUT2D eigenvalue weighted by Gasteiger charge is 2.22. The highest BCUT2D eigenvalue weighted by Crippen LogP contribution is 2.22. The van der Waals surface area contributed by atoms with Crippen LogP contribution in [0.25, 0.3) is 0 Å². The molecule has 2 aromatic rings. The molecule has 1 amide bonds. The van der Waals surface area contributed by atoms with Crippen LogP contribution in [0.4, 0.5) is 5.95 Å². The van der Waals surface area contributed by atoms with E-state index in [4.69, 9.17) is 16.3 Å². The third-order valence-corrected chi connectivity index (χ3v) is 4.63. The quantitative estimate of drug-likeness (QED) is 0.727. The summed E-state index contributed by atoms with van der Waals surface area (Å²) in [5.41, 5.74) is 1.00. The lowest BCUT2D eigenvalue weighted by Gasteiger charge is -2.34. The van der Waals surface area contributed by atoms with Crippen LogP contribution in [0.15, 0.2) is 36.7 Å². The topological polar surface area (TPSA) is 58.6 Å². The first-order chi connectivity index (χ1) is 12.6. The van der Waals surface area contributed by atoms with E-state index in [-0.39, 0.29) is 5.91 Å². The number of nitrogens with zero attached hydrogens (tertiary/aromatic N) is 4. The van der Waals surface area contributed by atoms with Crippen molar-refractivity contribution in [2.24, 2.45) is 0 Å². The van der Waals surface area contributed by atoms with E-state index in [9.17, 15) is 4.79 Å². The number of benzene rings is 1. The van der Waals surface area contributed by atoms with E-state index in [0.717, 1.165) is 30.4 Å². The predicted molar refractivity (Wildman–Crippen MR) is 102 cm³/mol. The Hall–Kier alpha value is -2.34. The lowest BCUT2D eigenvalue weighted by atomic mass is 10.2. The number of halogens is 1. The monoisotopic (exact) mass is 374 g/mol. The van der Waals surface area contributed by atoms with Gasteiger partial charge in [-0.2, -0.15) is 0 Å². The van der Waals surface area contributed by atoms with Gasteiger partial charge in [0, 0.05) is 50.0 Å². The number of aryl methyl sites for hydroxylation is 1. The van der Waals surface area contributed by atoms with Crippen LogP contribution >= 0.6 is 11.6 Å². The van der Waals surface area contributed by atoms with E-state index in [1.807, 2.05) is 30.0 Å². The standard InChI is InChI=1S/C19H23ClN4O2/c1-15-14-16(20)5-6-17(15)26-13-2-4-18(25)23-9-11-24(12-10-23)19-21-7-3-8-22-19/h3,5-8,14H,2,4,9-13H2,1H3. The number of carbonyl (C=O) groups excluding carboxylic acids is 1. The van der Waals surface area contributed by atoms with Gasteiger partial charge in [-0.15, -0.1) is 0 Å². The van der Waals surface area contributed by atoms with Gasteiger partial charge in [0.1, 0.15) is 5.75 Å². The van der Waals surface area contributed by atoms with Crippen molar-refractivity contribution >= 4 is 23.5 Å². The van der Waals surface area contributed by atoms with E-state index in [1.165, 1.54) is 0 Å². The van der Waals surface area contributed by atoms with Gasteiger partial charge in [0.25, 0.3) is 0 Å². The average Bonchev–Trinajstić information content (AvgIpc) is 2.67. The van der Waals surface area contributed by atoms with Crippen LogP contribution in [0.5, 0.6) is 5.75 Å². The van der Waals surface area contributed by atoms with E-state index in [2.05, 4.69) is 14.9 Å². The maximum atomic E-state index is 12.4. The molecule has 138 valence electrons. The summed E-state index contributed by atoms with van der Waals surface area (Å²) in [7, 11) is 0. The molecule has 0 saturated carbocycles. The Labute approximate surface area is 158 Å². The first kappa shape index (κ1) is 18.5. The highest BCUT2D eigenvalue weighted by atomic mass is 35.5. The molecule has 2 heterocycles. The maximum Gasteiger partial charge on any atom is 0.225 e. The van der Waals surface area contributed by atoms with Gasteiger partial charge in [-0.25, -0.2) is 9.97 Å². The minimum absolute atomic E-state index is 0.176. The average molecular weight is 375 g/mol. The molecule has 0 unspecified atom stereocenters. The zero-order valence-corrected chi connectivity index (χ0v) is 15.7. The van der Waals surface area contributed by atoms with Gasteiger partial charge >= 0.3 is 0 Å². The van der Waals surface area contributed by atoms with Crippen molar-refractivity contribution in [1.29, 1.82) is 0 Å². The summed E-state index contributed by atoms with van der Waals surface area (Å²) in [4.78, 5) is 24.9. The van der Waals surface area contributed by atoms with E-state index in [0.29, 0.717) is 37.6 Å². The summed E-state index contributed by atoms with van der Waals surface area (Å²) in [6.07, 6.45) is 4.67. The molecule has 0 aliphatic carbocycles. The highest BCUT2D eigenvalue weighted by molar-refractivity contribution is 6.30. The van der Waals surface area contributed by atoms with Gasteiger partial charge in [0.05, 0.1) is 6.61 Å². The summed E-state index contributed by atoms with van der Waals surface area (Å²) < 4.78 is 5.75. The van der Waals surface area contributed by atoms with E-state index >= 15 is 0 Å². The van der Waals surface area contributed by atoms with Crippen molar-refractivity contribution in [3.8, 4) is 5.75 Å². The summed E-state index contributed by atoms with van der Waals surface area (Å²) in [5, 5.41) is 0.699. The summed E-state index contributed by atoms with van der Waals surface area (Å²) in [6.45, 7) is 5.41. The number of hydrogen-bond donors (Lipinski definition) is 0. The van der Waals surface area contributed by atoms with Crippen molar-refractivity contribution in [2.75, 3.05) is 37.7 Å². The van der Waals surface area contributed by atoms with Gasteiger partial charge < -0.3 is 14.5 Å². The van der Waals surface area contributed by atoms with Crippen molar-refractivity contribution in [3.63, 3.8) is 0 Å². The molecule has 1 fully saturated rings. The Bertz CT molecular complexity index is 734. The maximum absolute atomic E-state index is 12.4. The number of aromatic nitrogens is 2. The van der Waals surface area contributed by atoms with Crippen molar-refractivity contribution in [1.82, 2.24) is 14.9 Å². The van der Waals surface area contributed by atoms with Crippen LogP contribution in [0.3, 0.4) is 0 Å². The third-order valence-electron chi connectivity index (χ3n) is 4.40. The van der Waals surface area contributed by atoms with Crippen LogP contribution < -0.4 is 9.64 Å². The Morgan fingerprint density at radius 1 is 1.19 bits per heavy atom. The molecule has 3 rings (SSSR count). The van der Waals surface area contributed by atoms with Gasteiger partial charge in [0.15, 0.2) is 0 Å². The summed E-state index contributed by atoms with van der Waals surface area (Å²) in [5.74, 6) is 1.72. The number of anilines is 1. The second-order valence-corrected chi connectivity index (χ2v) is 6.71. The molecule has 1 aromatic carbocycles. The Morgan fingerprint density at radius 3 is 2.62 bits per heavy atom. The van der Waals surface area contributed by atoms with Gasteiger partial charge in [-0.1, -0.05) is 11.6 Å². The molecular formula is C19H23ClN4O2. The lowest BCUT2D eigenvalue weighted by molar-refractivity contribution is -0.131. The molecule has 26 heavy (non-hydrogen) atoms. The van der Waals surface area contributed by atoms with Crippen molar-refractivity contribution in [2.45, 2.75) is 19.8 Å². The number of carbonyl (C=O) groups is 1. The van der Waals surface area contributed by atoms with Gasteiger partial charge in [-0.3, -0.25) is 4.79 Å². The van der Waals surface area contributed by atoms with E-state index < -0.39 is 0 Å². The van der Waals surface area contributed by atoms with Gasteiger partial charge in [0.2, 0.25) is 11.9 Å². The lowest BCUT2D eigenvalue weighted by Crippen LogP contribution is -2.49. The number of hydrogen-bond acceptors (Lipinski definition) is 5. The molecule has 0 atom stereocenters. The minimum atomic E-state index is 0.176. The second kappa shape index (κ2) is 8.85. The molecule has 1 saturated heterocycles. The summed E-state index contributed by atoms with van der Waals surface area (Å²) >= 11 is 5.94. The molecule has 0 bridgehead atoms. The Morgan fingerprint density at radius 2 is 1.92 bits per heavy atom. The van der Waals surface area contributed by atoms with Crippen LogP contribution in [0.2, 0.25) is 5.02 Å². The molecular weight excluding hydrogens is 352 g/mol. The van der Waals surface area contributed by atoms with Crippen LogP contribution in [-0.4, -0.2) is 53.6 Å². The van der Waals surface area contributed by atoms with Crippen molar-refractivity contribution < 1.29 is 9.53 Å². The largest absolute Gasteiger partial charge is 0.493 e. The zero-order valence-electron chi connectivity index (χ0n) is 14.9. The number of ether oxygens (including phenoxy) is 1. The van der Waals surface area contributed by atoms with Crippen LogP contribution in [0, 0.1) is 6.92 Å². The van der Waals surface area contributed by atoms with Crippen LogP contribution in [0.1, 0.15) is 18.4 Å². The minimum Gasteiger partial charge on any atom is -0.493 e. The first-order valence-electron chi connectivity index (χ1n) is 8.82. The fourth-order valence-electron chi connectivity index (χ4n) is 2.95. The molecule has 0 radical (unpaired) electrons. The number of piperazine rings is 1. The molecule has 0 spiro atoms. The Kier molecular flexibility index (Phi) is 6.28. The normalized spacial score (nSPS) is 14.4. The third kappa shape index (κ3) is 4.85. The number of rotatable bonds is 6. The Balaban J connectivity index is 1.38. The van der Waals surface area contributed by atoms with E-state index in [1.54, 1.807) is 18.5 Å². The SMILES string of the molecule is Cc1cc(Cl)ccc1OCCCC(=O)N1CCN(c2ncccn2)CC1. The predicted octanol–water partition coefficient (Wildman–Crippen LogP) is 2.95. The first-order valence-corrected chi connectivity index (χ1v) is 9.20.